The van der Waals surface area contributed by atoms with Crippen LogP contribution in [0.1, 0.15) is 364 Å². The number of hydrogen-bond acceptors (Lipinski definition) is 0. The lowest BCUT2D eigenvalue weighted by Gasteiger charge is -2.09. The molecule has 0 unspecified atom stereocenters. The number of unbranched alkanes of at least 4 members (excludes halogenated alkanes) is 50. The lowest BCUT2D eigenvalue weighted by Crippen LogP contribution is -1.93. The van der Waals surface area contributed by atoms with Gasteiger partial charge in [0.2, 0.25) is 0 Å². The normalized spacial score (nSPS) is 11.7. The summed E-state index contributed by atoms with van der Waals surface area (Å²) in [5.41, 5.74) is 4.31. The van der Waals surface area contributed by atoms with Gasteiger partial charge < -0.3 is 0 Å². The van der Waals surface area contributed by atoms with Crippen molar-refractivity contribution in [2.75, 3.05) is 0 Å². The first-order valence-corrected chi connectivity index (χ1v) is 30.2. The van der Waals surface area contributed by atoms with Crippen molar-refractivity contribution in [3.8, 4) is 0 Å². The van der Waals surface area contributed by atoms with E-state index in [-0.39, 0.29) is 0 Å². The number of aryl methyl sites for hydroxylation is 2. The van der Waals surface area contributed by atoms with E-state index >= 15 is 0 Å². The number of hydrogen-bond donors (Lipinski definition) is 0. The summed E-state index contributed by atoms with van der Waals surface area (Å²) in [6.07, 6.45) is 78.5. The zero-order valence-electron chi connectivity index (χ0n) is 44.1. The Kier molecular flexibility index (Phi) is 49.9. The second kappa shape index (κ2) is 52.2. The molecule has 0 amide bonds. The van der Waals surface area contributed by atoms with Crippen LogP contribution in [-0.2, 0) is 12.8 Å². The first-order chi connectivity index (χ1) is 31.3. The SMILES string of the molecule is [CH2]c1cc(CCCCCCCCCCCCCCCCCCCCCCCCCCCC)cc(CCCCCCCCCCCCCCCCCCCCCCCCCCCC)c1. The molecule has 63 heavy (non-hydrogen) atoms. The zero-order valence-corrected chi connectivity index (χ0v) is 44.1. The predicted octanol–water partition coefficient (Wildman–Crippen LogP) is 23.3. The van der Waals surface area contributed by atoms with Gasteiger partial charge >= 0.3 is 0 Å². The average molecular weight is 877 g/mol. The molecule has 0 saturated heterocycles. The fourth-order valence-corrected chi connectivity index (χ4v) is 10.4. The summed E-state index contributed by atoms with van der Waals surface area (Å²) in [5.74, 6) is 0. The summed E-state index contributed by atoms with van der Waals surface area (Å²) >= 11 is 0. The lowest BCUT2D eigenvalue weighted by atomic mass is 9.97. The molecular formula is C63H119. The molecule has 0 saturated carbocycles. The summed E-state index contributed by atoms with van der Waals surface area (Å²) in [7, 11) is 0. The summed E-state index contributed by atoms with van der Waals surface area (Å²) in [6.45, 7) is 8.96. The van der Waals surface area contributed by atoms with Gasteiger partial charge in [0.15, 0.2) is 0 Å². The molecule has 0 aliphatic carbocycles. The highest BCUT2D eigenvalue weighted by atomic mass is 14.1. The minimum Gasteiger partial charge on any atom is -0.0654 e. The van der Waals surface area contributed by atoms with E-state index in [0.717, 1.165) is 0 Å². The summed E-state index contributed by atoms with van der Waals surface area (Å²) in [5, 5.41) is 0. The van der Waals surface area contributed by atoms with Crippen molar-refractivity contribution in [2.24, 2.45) is 0 Å². The van der Waals surface area contributed by atoms with Crippen LogP contribution in [-0.4, -0.2) is 0 Å². The largest absolute Gasteiger partial charge is 0.0654 e. The molecule has 0 spiro atoms. The average Bonchev–Trinajstić information content (AvgIpc) is 3.28. The van der Waals surface area contributed by atoms with Crippen LogP contribution in [0.25, 0.3) is 0 Å². The van der Waals surface area contributed by atoms with Crippen LogP contribution in [0, 0.1) is 6.92 Å². The van der Waals surface area contributed by atoms with Crippen LogP contribution in [0.2, 0.25) is 0 Å². The number of rotatable bonds is 54. The minimum absolute atomic E-state index is 1.23. The molecule has 371 valence electrons. The van der Waals surface area contributed by atoms with Crippen molar-refractivity contribution in [2.45, 2.75) is 361 Å². The molecular weight excluding hydrogens is 757 g/mol. The molecule has 0 bridgehead atoms. The van der Waals surface area contributed by atoms with E-state index in [1.807, 2.05) is 0 Å². The second-order valence-electron chi connectivity index (χ2n) is 21.3. The van der Waals surface area contributed by atoms with E-state index in [1.54, 1.807) is 0 Å². The zero-order chi connectivity index (χ0) is 45.0. The molecule has 0 aliphatic rings. The maximum absolute atomic E-state index is 4.33. The van der Waals surface area contributed by atoms with Crippen LogP contribution in [0.3, 0.4) is 0 Å². The summed E-state index contributed by atoms with van der Waals surface area (Å²) in [6, 6.07) is 7.21. The van der Waals surface area contributed by atoms with Crippen molar-refractivity contribution in [1.29, 1.82) is 0 Å². The van der Waals surface area contributed by atoms with Gasteiger partial charge in [0.25, 0.3) is 0 Å². The Morgan fingerprint density at radius 1 is 0.206 bits per heavy atom. The Morgan fingerprint density at radius 2 is 0.349 bits per heavy atom. The van der Waals surface area contributed by atoms with Gasteiger partial charge in [-0.25, -0.2) is 0 Å². The van der Waals surface area contributed by atoms with E-state index in [9.17, 15) is 0 Å². The molecule has 0 N–H and O–H groups in total. The van der Waals surface area contributed by atoms with Crippen LogP contribution >= 0.6 is 0 Å². The monoisotopic (exact) mass is 876 g/mol. The van der Waals surface area contributed by atoms with Crippen molar-refractivity contribution < 1.29 is 0 Å². The van der Waals surface area contributed by atoms with E-state index in [1.165, 1.54) is 363 Å². The first kappa shape index (κ1) is 60.2. The van der Waals surface area contributed by atoms with E-state index in [4.69, 9.17) is 0 Å². The molecule has 1 radical (unpaired) electrons. The quantitative estimate of drug-likeness (QED) is 0.0572. The van der Waals surface area contributed by atoms with E-state index < -0.39 is 0 Å². The van der Waals surface area contributed by atoms with Gasteiger partial charge in [-0.3, -0.25) is 0 Å². The van der Waals surface area contributed by atoms with Gasteiger partial charge in [0, 0.05) is 0 Å². The Balaban J connectivity index is 1.79. The highest BCUT2D eigenvalue weighted by Crippen LogP contribution is 2.20. The fourth-order valence-electron chi connectivity index (χ4n) is 10.4. The third kappa shape index (κ3) is 47.5. The third-order valence-corrected chi connectivity index (χ3v) is 14.8. The summed E-state index contributed by atoms with van der Waals surface area (Å²) < 4.78 is 0. The Morgan fingerprint density at radius 3 is 0.508 bits per heavy atom. The van der Waals surface area contributed by atoms with Crippen molar-refractivity contribution in [1.82, 2.24) is 0 Å². The van der Waals surface area contributed by atoms with Crippen molar-refractivity contribution >= 4 is 0 Å². The Bertz CT molecular complexity index is 900. The van der Waals surface area contributed by atoms with E-state index in [0.29, 0.717) is 0 Å². The molecule has 0 fully saturated rings. The molecule has 0 heteroatoms. The van der Waals surface area contributed by atoms with Crippen LogP contribution in [0.15, 0.2) is 18.2 Å². The molecule has 0 aliphatic heterocycles. The van der Waals surface area contributed by atoms with Gasteiger partial charge in [-0.05, 0) is 49.3 Å². The van der Waals surface area contributed by atoms with Gasteiger partial charge in [0.05, 0.1) is 0 Å². The first-order valence-electron chi connectivity index (χ1n) is 30.2. The topological polar surface area (TPSA) is 0 Å². The molecule has 1 aromatic carbocycles. The van der Waals surface area contributed by atoms with Crippen LogP contribution < -0.4 is 0 Å². The molecule has 0 nitrogen and oxygen atoms in total. The van der Waals surface area contributed by atoms with E-state index in [2.05, 4.69) is 39.0 Å². The predicted molar refractivity (Wildman–Crippen MR) is 290 cm³/mol. The Hall–Kier alpha value is -0.780. The van der Waals surface area contributed by atoms with Crippen LogP contribution in [0.5, 0.6) is 0 Å². The smallest absolute Gasteiger partial charge is 0.0238 e. The maximum atomic E-state index is 4.33. The lowest BCUT2D eigenvalue weighted by molar-refractivity contribution is 0.515. The van der Waals surface area contributed by atoms with Gasteiger partial charge in [-0.1, -0.05) is 353 Å². The van der Waals surface area contributed by atoms with Crippen molar-refractivity contribution in [3.05, 3.63) is 41.8 Å². The van der Waals surface area contributed by atoms with Gasteiger partial charge in [-0.2, -0.15) is 0 Å². The van der Waals surface area contributed by atoms with Gasteiger partial charge in [-0.15, -0.1) is 0 Å². The highest BCUT2D eigenvalue weighted by molar-refractivity contribution is 5.32. The fraction of sp³-hybridized carbons (Fsp3) is 0.889. The molecule has 0 aromatic heterocycles. The maximum Gasteiger partial charge on any atom is -0.0238 e. The van der Waals surface area contributed by atoms with Crippen LogP contribution in [0.4, 0.5) is 0 Å². The number of benzene rings is 1. The summed E-state index contributed by atoms with van der Waals surface area (Å²) in [4.78, 5) is 0. The van der Waals surface area contributed by atoms with Gasteiger partial charge in [0.1, 0.15) is 0 Å². The standard InChI is InChI=1S/C63H119/c1-4-6-8-10-12-14-16-18-20-22-24-26-28-30-32-34-36-38-40-42-44-46-48-50-52-54-56-62-58-61(3)59-63(60-62)57-55-53-51-49-47-45-43-41-39-37-35-33-31-29-27-25-23-21-19-17-15-13-11-9-7-5-2/h58-60H,3-57H2,1-2H3. The highest BCUT2D eigenvalue weighted by Gasteiger charge is 2.03. The van der Waals surface area contributed by atoms with Crippen molar-refractivity contribution in [3.63, 3.8) is 0 Å². The minimum atomic E-state index is 1.23. The molecule has 0 heterocycles. The second-order valence-corrected chi connectivity index (χ2v) is 21.3. The third-order valence-electron chi connectivity index (χ3n) is 14.8. The molecule has 1 aromatic rings. The molecule has 1 rings (SSSR count). The molecule has 0 atom stereocenters. The Labute approximate surface area is 400 Å².